The van der Waals surface area contributed by atoms with Crippen molar-refractivity contribution >= 4 is 35.9 Å². The van der Waals surface area contributed by atoms with E-state index in [1.807, 2.05) is 0 Å². The van der Waals surface area contributed by atoms with E-state index in [0.717, 1.165) is 10.1 Å². The van der Waals surface area contributed by atoms with Gasteiger partial charge in [0.15, 0.2) is 0 Å². The van der Waals surface area contributed by atoms with E-state index in [0.29, 0.717) is 0 Å². The first-order valence-electron chi connectivity index (χ1n) is 14.2. The van der Waals surface area contributed by atoms with Gasteiger partial charge in [0, 0.05) is 40.3 Å². The van der Waals surface area contributed by atoms with Crippen molar-refractivity contribution in [1.29, 1.82) is 0 Å². The molecule has 0 spiro atoms. The van der Waals surface area contributed by atoms with Crippen LogP contribution in [0.1, 0.15) is 48.5 Å². The van der Waals surface area contributed by atoms with Gasteiger partial charge in [-0.2, -0.15) is 0 Å². The van der Waals surface area contributed by atoms with E-state index in [-0.39, 0.29) is 38.7 Å². The van der Waals surface area contributed by atoms with Crippen LogP contribution >= 0.6 is 0 Å². The molecule has 4 amide bonds. The van der Waals surface area contributed by atoms with Crippen molar-refractivity contribution in [1.82, 2.24) is 19.9 Å². The highest BCUT2D eigenvalue weighted by Gasteiger charge is 2.47. The summed E-state index contributed by atoms with van der Waals surface area (Å²) in [7, 11) is 5.53. The van der Waals surface area contributed by atoms with Crippen LogP contribution in [-0.4, -0.2) is 133 Å². The van der Waals surface area contributed by atoms with Crippen LogP contribution in [0.25, 0.3) is 0 Å². The van der Waals surface area contributed by atoms with Crippen LogP contribution in [0.4, 0.5) is 9.59 Å². The van der Waals surface area contributed by atoms with Crippen molar-refractivity contribution in [3.8, 4) is 0 Å². The van der Waals surface area contributed by atoms with E-state index in [9.17, 15) is 33.9 Å². The minimum atomic E-state index is -1.12. The monoisotopic (exact) mass is 632 g/mol. The maximum atomic E-state index is 12.4. The number of hydroxylamine groups is 4. The minimum absolute atomic E-state index is 0.00157. The Bertz CT molecular complexity index is 1050. The van der Waals surface area contributed by atoms with Crippen molar-refractivity contribution in [2.75, 3.05) is 61.1 Å². The predicted octanol–water partition coefficient (Wildman–Crippen LogP) is 1.63. The first-order valence-corrected chi connectivity index (χ1v) is 14.2. The molecule has 2 saturated heterocycles. The number of carboxylic acids is 1. The highest BCUT2D eigenvalue weighted by Crippen LogP contribution is 2.29. The SMILES string of the molecule is CCOC(=O)[C@H]1CN(C(=O)OC(C)(C)C)C[C@@H]1C(=O)N(C)OC.CON(C)C(=O)[C@H]1CN(C(=O)OC(C)(C)C)C[C@@H]1C(=O)O. The average molecular weight is 633 g/mol. The maximum Gasteiger partial charge on any atom is 0.410 e. The summed E-state index contributed by atoms with van der Waals surface area (Å²) < 4.78 is 15.5. The number of nitrogens with zero attached hydrogens (tertiary/aromatic N) is 4. The van der Waals surface area contributed by atoms with Crippen LogP contribution in [0.5, 0.6) is 0 Å². The molecular formula is C28H48N4O12. The molecule has 16 heteroatoms. The van der Waals surface area contributed by atoms with Gasteiger partial charge in [-0.25, -0.2) is 19.7 Å². The van der Waals surface area contributed by atoms with Gasteiger partial charge in [-0.1, -0.05) is 0 Å². The molecule has 0 radical (unpaired) electrons. The molecule has 0 unspecified atom stereocenters. The molecular weight excluding hydrogens is 584 g/mol. The number of hydrogen-bond donors (Lipinski definition) is 1. The topological polar surface area (TPSA) is 182 Å². The number of carbonyl (C=O) groups is 6. The highest BCUT2D eigenvalue weighted by molar-refractivity contribution is 5.87. The smallest absolute Gasteiger partial charge is 0.410 e. The molecule has 16 nitrogen and oxygen atoms in total. The number of rotatable bonds is 7. The lowest BCUT2D eigenvalue weighted by Crippen LogP contribution is -2.39. The first kappa shape index (κ1) is 38.4. The van der Waals surface area contributed by atoms with Gasteiger partial charge in [-0.15, -0.1) is 0 Å². The van der Waals surface area contributed by atoms with Crippen LogP contribution in [0.3, 0.4) is 0 Å². The van der Waals surface area contributed by atoms with Crippen LogP contribution in [0, 0.1) is 23.7 Å². The number of ether oxygens (including phenoxy) is 3. The van der Waals surface area contributed by atoms with Crippen molar-refractivity contribution in [3.05, 3.63) is 0 Å². The van der Waals surface area contributed by atoms with E-state index in [4.69, 9.17) is 23.9 Å². The third kappa shape index (κ3) is 11.1. The molecule has 2 heterocycles. The Morgan fingerprint density at radius 3 is 1.34 bits per heavy atom. The third-order valence-corrected chi connectivity index (χ3v) is 6.65. The fourth-order valence-corrected chi connectivity index (χ4v) is 4.44. The number of likely N-dealkylation sites (tertiary alicyclic amines) is 2. The quantitative estimate of drug-likeness (QED) is 0.244. The number of aliphatic carboxylic acids is 1. The van der Waals surface area contributed by atoms with Gasteiger partial charge >= 0.3 is 24.1 Å². The van der Waals surface area contributed by atoms with Gasteiger partial charge in [0.2, 0.25) is 0 Å². The van der Waals surface area contributed by atoms with Gasteiger partial charge in [-0.3, -0.25) is 28.9 Å². The number of carbonyl (C=O) groups excluding carboxylic acids is 5. The Kier molecular flexibility index (Phi) is 13.8. The van der Waals surface area contributed by atoms with E-state index < -0.39 is 64.9 Å². The number of hydrogen-bond acceptors (Lipinski definition) is 11. The Morgan fingerprint density at radius 1 is 0.682 bits per heavy atom. The molecule has 0 aliphatic carbocycles. The second-order valence-corrected chi connectivity index (χ2v) is 12.3. The Hall–Kier alpha value is -3.66. The second kappa shape index (κ2) is 15.9. The second-order valence-electron chi connectivity index (χ2n) is 12.3. The van der Waals surface area contributed by atoms with Crippen molar-refractivity contribution in [2.24, 2.45) is 23.7 Å². The lowest BCUT2D eigenvalue weighted by atomic mass is 9.95. The number of amides is 4. The van der Waals surface area contributed by atoms with E-state index in [1.54, 1.807) is 48.5 Å². The fourth-order valence-electron chi connectivity index (χ4n) is 4.44. The molecule has 2 rings (SSSR count). The third-order valence-electron chi connectivity index (χ3n) is 6.65. The first-order chi connectivity index (χ1) is 20.2. The van der Waals surface area contributed by atoms with Crippen LogP contribution in [0.15, 0.2) is 0 Å². The Morgan fingerprint density at radius 2 is 1.02 bits per heavy atom. The predicted molar refractivity (Wildman–Crippen MR) is 153 cm³/mol. The summed E-state index contributed by atoms with van der Waals surface area (Å²) in [6.45, 7) is 12.4. The van der Waals surface area contributed by atoms with Crippen LogP contribution in [0.2, 0.25) is 0 Å². The lowest BCUT2D eigenvalue weighted by Gasteiger charge is -2.24. The van der Waals surface area contributed by atoms with E-state index in [2.05, 4.69) is 0 Å². The molecule has 1 N–H and O–H groups in total. The molecule has 4 atom stereocenters. The summed E-state index contributed by atoms with van der Waals surface area (Å²) >= 11 is 0. The van der Waals surface area contributed by atoms with Crippen molar-refractivity contribution in [2.45, 2.75) is 59.7 Å². The maximum absolute atomic E-state index is 12.4. The highest BCUT2D eigenvalue weighted by atomic mass is 16.7. The summed E-state index contributed by atoms with van der Waals surface area (Å²) in [6.07, 6.45) is -1.17. The molecule has 2 aliphatic rings. The van der Waals surface area contributed by atoms with Gasteiger partial charge in [0.1, 0.15) is 11.2 Å². The zero-order valence-corrected chi connectivity index (χ0v) is 27.6. The summed E-state index contributed by atoms with van der Waals surface area (Å²) in [5.74, 6) is -5.74. The molecule has 2 aliphatic heterocycles. The van der Waals surface area contributed by atoms with E-state index >= 15 is 0 Å². The van der Waals surface area contributed by atoms with Crippen molar-refractivity contribution in [3.63, 3.8) is 0 Å². The standard InChI is InChI=1S/C15H26N2O6.C13H22N2O6/c1-7-22-13(19)11-9-17(14(20)23-15(2,3)4)8-10(11)12(18)16(5)21-6;1-13(2,3)21-12(19)15-6-8(9(7-15)11(17)18)10(16)14(4)20-5/h10-11H,7-9H2,1-6H3;8-9H,6-7H2,1-5H3,(H,17,18)/t10-,11-;8-,9-/m00/s1. The summed E-state index contributed by atoms with van der Waals surface area (Å²) in [4.78, 5) is 84.3. The molecule has 0 aromatic heterocycles. The Labute approximate surface area is 258 Å². The number of carboxylic acid groups (broad SMARTS) is 1. The average Bonchev–Trinajstić information content (AvgIpc) is 3.56. The van der Waals surface area contributed by atoms with Crippen LogP contribution in [-0.2, 0) is 43.1 Å². The Balaban J connectivity index is 0.000000442. The zero-order chi connectivity index (χ0) is 34.2. The van der Waals surface area contributed by atoms with Gasteiger partial charge < -0.3 is 29.1 Å². The molecule has 0 bridgehead atoms. The fraction of sp³-hybridized carbons (Fsp3) is 0.786. The van der Waals surface area contributed by atoms with Crippen LogP contribution < -0.4 is 0 Å². The van der Waals surface area contributed by atoms with Gasteiger partial charge in [-0.05, 0) is 48.5 Å². The normalized spacial score (nSPS) is 21.5. The molecule has 252 valence electrons. The zero-order valence-electron chi connectivity index (χ0n) is 27.6. The molecule has 0 aromatic carbocycles. The van der Waals surface area contributed by atoms with Crippen molar-refractivity contribution < 1.29 is 57.8 Å². The van der Waals surface area contributed by atoms with E-state index in [1.165, 1.54) is 38.1 Å². The molecule has 2 fully saturated rings. The minimum Gasteiger partial charge on any atom is -0.481 e. The summed E-state index contributed by atoms with van der Waals surface area (Å²) in [5, 5.41) is 11.3. The van der Waals surface area contributed by atoms with Gasteiger partial charge in [0.25, 0.3) is 11.8 Å². The number of esters is 1. The lowest BCUT2D eigenvalue weighted by molar-refractivity contribution is -0.176. The largest absolute Gasteiger partial charge is 0.481 e. The summed E-state index contributed by atoms with van der Waals surface area (Å²) in [5.41, 5.74) is -1.33. The molecule has 44 heavy (non-hydrogen) atoms. The van der Waals surface area contributed by atoms with Gasteiger partial charge in [0.05, 0.1) is 44.5 Å². The summed E-state index contributed by atoms with van der Waals surface area (Å²) in [6, 6.07) is 0. The molecule has 0 saturated carbocycles. The molecule has 0 aromatic rings.